The van der Waals surface area contributed by atoms with Crippen LogP contribution < -0.4 is 10.6 Å². The van der Waals surface area contributed by atoms with E-state index in [-0.39, 0.29) is 5.91 Å². The summed E-state index contributed by atoms with van der Waals surface area (Å²) in [5.41, 5.74) is 2.03. The third kappa shape index (κ3) is 7.14. The lowest BCUT2D eigenvalue weighted by atomic mass is 10.2. The van der Waals surface area contributed by atoms with E-state index >= 15 is 0 Å². The van der Waals surface area contributed by atoms with Crippen molar-refractivity contribution in [3.8, 4) is 0 Å². The number of carbonyl (C=O) groups is 1. The van der Waals surface area contributed by atoms with E-state index < -0.39 is 0 Å². The van der Waals surface area contributed by atoms with Gasteiger partial charge in [-0.25, -0.2) is 14.6 Å². The van der Waals surface area contributed by atoms with Crippen molar-refractivity contribution in [2.75, 3.05) is 29.9 Å². The van der Waals surface area contributed by atoms with Gasteiger partial charge in [0.25, 0.3) is 0 Å². The lowest BCUT2D eigenvalue weighted by Gasteiger charge is -2.09. The van der Waals surface area contributed by atoms with E-state index in [0.717, 1.165) is 52.9 Å². The number of nitrogens with one attached hydrogen (secondary N) is 2. The highest BCUT2D eigenvalue weighted by molar-refractivity contribution is 7.99. The van der Waals surface area contributed by atoms with Gasteiger partial charge in [0.2, 0.25) is 5.91 Å². The van der Waals surface area contributed by atoms with Crippen LogP contribution in [0, 0.1) is 0 Å². The van der Waals surface area contributed by atoms with E-state index in [9.17, 15) is 4.79 Å². The zero-order valence-corrected chi connectivity index (χ0v) is 19.8. The number of thioether (sulfide) groups is 2. The standard InChI is InChI=1S/C22H30N6OS2/c1-3-10-24-20-18-14-25-28(21(18)27-22(26-20)31-13-4-2)12-11-23-19(29)16-30-15-17-8-6-5-7-9-17/h5-9,14H,3-4,10-13,15-16H2,1-2H3,(H,23,29)(H,24,26,27). The summed E-state index contributed by atoms with van der Waals surface area (Å²) >= 11 is 3.27. The van der Waals surface area contributed by atoms with Crippen LogP contribution in [0.3, 0.4) is 0 Å². The fourth-order valence-corrected chi connectivity index (χ4v) is 4.43. The summed E-state index contributed by atoms with van der Waals surface area (Å²) in [7, 11) is 0. The van der Waals surface area contributed by atoms with E-state index in [1.807, 2.05) is 22.9 Å². The molecule has 1 amide bonds. The van der Waals surface area contributed by atoms with Crippen LogP contribution in [-0.4, -0.2) is 50.3 Å². The van der Waals surface area contributed by atoms with E-state index in [0.29, 0.717) is 18.8 Å². The van der Waals surface area contributed by atoms with Gasteiger partial charge >= 0.3 is 0 Å². The Morgan fingerprint density at radius 2 is 1.94 bits per heavy atom. The molecule has 0 spiro atoms. The second-order valence-corrected chi connectivity index (χ2v) is 9.11. The molecule has 0 unspecified atom stereocenters. The summed E-state index contributed by atoms with van der Waals surface area (Å²) in [5.74, 6) is 3.12. The summed E-state index contributed by atoms with van der Waals surface area (Å²) < 4.78 is 1.85. The quantitative estimate of drug-likeness (QED) is 0.293. The highest BCUT2D eigenvalue weighted by Gasteiger charge is 2.13. The molecule has 0 aliphatic heterocycles. The lowest BCUT2D eigenvalue weighted by Crippen LogP contribution is -2.29. The average molecular weight is 459 g/mol. The molecule has 0 saturated heterocycles. The number of fused-ring (bicyclic) bond motifs is 1. The van der Waals surface area contributed by atoms with Crippen molar-refractivity contribution < 1.29 is 4.79 Å². The molecule has 0 saturated carbocycles. The molecule has 7 nitrogen and oxygen atoms in total. The SMILES string of the molecule is CCCNc1nc(SCCC)nc2c1cnn2CCNC(=O)CSCc1ccccc1. The Balaban J connectivity index is 1.55. The summed E-state index contributed by atoms with van der Waals surface area (Å²) in [6.45, 7) is 6.21. The van der Waals surface area contributed by atoms with Gasteiger partial charge in [-0.3, -0.25) is 4.79 Å². The van der Waals surface area contributed by atoms with Crippen LogP contribution in [0.5, 0.6) is 0 Å². The Morgan fingerprint density at radius 3 is 2.71 bits per heavy atom. The van der Waals surface area contributed by atoms with E-state index in [2.05, 4.69) is 46.7 Å². The number of rotatable bonds is 13. The number of benzene rings is 1. The first-order valence-electron chi connectivity index (χ1n) is 10.7. The molecule has 1 aromatic carbocycles. The molecule has 9 heteroatoms. The Morgan fingerprint density at radius 1 is 1.10 bits per heavy atom. The molecule has 0 fully saturated rings. The molecule has 0 atom stereocenters. The van der Waals surface area contributed by atoms with Gasteiger partial charge in [0.1, 0.15) is 5.82 Å². The molecular weight excluding hydrogens is 428 g/mol. The third-order valence-corrected chi connectivity index (χ3v) is 6.50. The van der Waals surface area contributed by atoms with Crippen LogP contribution in [-0.2, 0) is 17.1 Å². The van der Waals surface area contributed by atoms with Crippen LogP contribution in [0.1, 0.15) is 32.3 Å². The molecule has 0 radical (unpaired) electrons. The third-order valence-electron chi connectivity index (χ3n) is 4.44. The Bertz CT molecular complexity index is 963. The van der Waals surface area contributed by atoms with E-state index in [1.54, 1.807) is 29.7 Å². The van der Waals surface area contributed by atoms with E-state index in [4.69, 9.17) is 4.98 Å². The number of hydrogen-bond donors (Lipinski definition) is 2. The summed E-state index contributed by atoms with van der Waals surface area (Å²) in [4.78, 5) is 21.6. The number of nitrogens with zero attached hydrogens (tertiary/aromatic N) is 4. The van der Waals surface area contributed by atoms with Crippen molar-refractivity contribution in [1.29, 1.82) is 0 Å². The van der Waals surface area contributed by atoms with Gasteiger partial charge in [-0.1, -0.05) is 55.9 Å². The Labute approximate surface area is 192 Å². The first kappa shape index (κ1) is 23.4. The van der Waals surface area contributed by atoms with Gasteiger partial charge < -0.3 is 10.6 Å². The number of aromatic nitrogens is 4. The zero-order valence-electron chi connectivity index (χ0n) is 18.1. The molecule has 0 aliphatic rings. The minimum Gasteiger partial charge on any atom is -0.369 e. The van der Waals surface area contributed by atoms with Crippen molar-refractivity contribution in [3.63, 3.8) is 0 Å². The number of hydrogen-bond acceptors (Lipinski definition) is 7. The largest absolute Gasteiger partial charge is 0.369 e. The topological polar surface area (TPSA) is 84.7 Å². The second kappa shape index (κ2) is 12.6. The van der Waals surface area contributed by atoms with Gasteiger partial charge in [0.15, 0.2) is 10.8 Å². The van der Waals surface area contributed by atoms with Gasteiger partial charge in [-0.05, 0) is 18.4 Å². The minimum absolute atomic E-state index is 0.0384. The molecule has 166 valence electrons. The van der Waals surface area contributed by atoms with Gasteiger partial charge in [0, 0.05) is 24.6 Å². The highest BCUT2D eigenvalue weighted by Crippen LogP contribution is 2.24. The van der Waals surface area contributed by atoms with Crippen molar-refractivity contribution in [2.45, 2.75) is 44.1 Å². The molecule has 3 rings (SSSR count). The molecule has 0 bridgehead atoms. The average Bonchev–Trinajstić information content (AvgIpc) is 3.20. The first-order chi connectivity index (χ1) is 15.2. The second-order valence-electron chi connectivity index (χ2n) is 7.06. The molecular formula is C22H30N6OS2. The Kier molecular flexibility index (Phi) is 9.48. The van der Waals surface area contributed by atoms with Gasteiger partial charge in [0.05, 0.1) is 23.9 Å². The van der Waals surface area contributed by atoms with Crippen LogP contribution in [0.2, 0.25) is 0 Å². The minimum atomic E-state index is 0.0384. The summed E-state index contributed by atoms with van der Waals surface area (Å²) in [5, 5.41) is 12.5. The number of anilines is 1. The monoisotopic (exact) mass is 458 g/mol. The molecule has 3 aromatic rings. The maximum atomic E-state index is 12.2. The molecule has 31 heavy (non-hydrogen) atoms. The summed E-state index contributed by atoms with van der Waals surface area (Å²) in [6, 6.07) is 10.2. The Hall–Kier alpha value is -2.26. The van der Waals surface area contributed by atoms with Crippen molar-refractivity contribution in [3.05, 3.63) is 42.1 Å². The van der Waals surface area contributed by atoms with E-state index in [1.165, 1.54) is 5.56 Å². The van der Waals surface area contributed by atoms with Crippen LogP contribution >= 0.6 is 23.5 Å². The predicted octanol–water partition coefficient (Wildman–Crippen LogP) is 4.20. The number of amides is 1. The van der Waals surface area contributed by atoms with Crippen molar-refractivity contribution in [2.24, 2.45) is 0 Å². The number of carbonyl (C=O) groups excluding carboxylic acids is 1. The fraction of sp³-hybridized carbons (Fsp3) is 0.455. The predicted molar refractivity (Wildman–Crippen MR) is 131 cm³/mol. The summed E-state index contributed by atoms with van der Waals surface area (Å²) in [6.07, 6.45) is 3.89. The smallest absolute Gasteiger partial charge is 0.230 e. The first-order valence-corrected chi connectivity index (χ1v) is 12.8. The highest BCUT2D eigenvalue weighted by atomic mass is 32.2. The zero-order chi connectivity index (χ0) is 21.9. The van der Waals surface area contributed by atoms with Crippen LogP contribution in [0.25, 0.3) is 11.0 Å². The van der Waals surface area contributed by atoms with Crippen LogP contribution in [0.15, 0.2) is 41.7 Å². The molecule has 2 N–H and O–H groups in total. The maximum absolute atomic E-state index is 12.2. The van der Waals surface area contributed by atoms with Crippen molar-refractivity contribution >= 4 is 46.3 Å². The molecule has 0 aliphatic carbocycles. The molecule has 2 heterocycles. The van der Waals surface area contributed by atoms with Gasteiger partial charge in [-0.15, -0.1) is 11.8 Å². The van der Waals surface area contributed by atoms with Crippen LogP contribution in [0.4, 0.5) is 5.82 Å². The van der Waals surface area contributed by atoms with Crippen molar-refractivity contribution in [1.82, 2.24) is 25.1 Å². The van der Waals surface area contributed by atoms with Gasteiger partial charge in [-0.2, -0.15) is 5.10 Å². The maximum Gasteiger partial charge on any atom is 0.230 e. The fourth-order valence-electron chi connectivity index (χ4n) is 2.92. The lowest BCUT2D eigenvalue weighted by molar-refractivity contribution is -0.118. The normalized spacial score (nSPS) is 11.0. The molecule has 2 aromatic heterocycles.